The minimum Gasteiger partial charge on any atom is -0.287 e. The maximum Gasteiger partial charge on any atom is 0.254 e. The number of fused-ring (bicyclic) bond motifs is 4. The second kappa shape index (κ2) is 8.88. The molecule has 4 heterocycles. The molecule has 8 rings (SSSR count). The minimum absolute atomic E-state index is 0.136. The predicted octanol–water partition coefficient (Wildman–Crippen LogP) is 5.67. The Labute approximate surface area is 239 Å². The number of halogens is 2. The molecule has 4 aromatic rings. The molecule has 2 aliphatic heterocycles. The average molecular weight is 566 g/mol. The molecule has 41 heavy (non-hydrogen) atoms. The van der Waals surface area contributed by atoms with Gasteiger partial charge in [0.2, 0.25) is 5.95 Å². The van der Waals surface area contributed by atoms with E-state index in [1.165, 1.54) is 33.8 Å². The molecule has 204 valence electrons. The van der Waals surface area contributed by atoms with Crippen molar-refractivity contribution in [3.63, 3.8) is 0 Å². The van der Waals surface area contributed by atoms with Gasteiger partial charge in [-0.2, -0.15) is 9.07 Å². The number of hydrogen-bond acceptors (Lipinski definition) is 6. The van der Waals surface area contributed by atoms with Gasteiger partial charge in [-0.15, -0.1) is 5.10 Å². The Kier molecular flexibility index (Phi) is 5.32. The van der Waals surface area contributed by atoms with Crippen molar-refractivity contribution in [1.29, 1.82) is 0 Å². The van der Waals surface area contributed by atoms with Gasteiger partial charge in [0.25, 0.3) is 5.56 Å². The highest BCUT2D eigenvalue weighted by Gasteiger charge is 2.56. The Morgan fingerprint density at radius 1 is 1.10 bits per heavy atom. The third-order valence-electron chi connectivity index (χ3n) is 9.05. The van der Waals surface area contributed by atoms with Crippen molar-refractivity contribution in [3.8, 4) is 16.9 Å². The molecule has 0 amide bonds. The highest BCUT2D eigenvalue weighted by molar-refractivity contribution is 6.31. The zero-order valence-electron chi connectivity index (χ0n) is 22.3. The molecule has 0 bridgehead atoms. The first-order valence-electron chi connectivity index (χ1n) is 13.8. The van der Waals surface area contributed by atoms with Crippen LogP contribution in [0.3, 0.4) is 0 Å². The summed E-state index contributed by atoms with van der Waals surface area (Å²) in [5.74, 6) is 0.988. The molecule has 1 fully saturated rings. The number of tetrazole rings is 1. The van der Waals surface area contributed by atoms with Gasteiger partial charge in [-0.3, -0.25) is 9.36 Å². The lowest BCUT2D eigenvalue weighted by Crippen LogP contribution is -2.30. The highest BCUT2D eigenvalue weighted by atomic mass is 35.5. The van der Waals surface area contributed by atoms with Crippen molar-refractivity contribution in [2.24, 2.45) is 16.8 Å². The average Bonchev–Trinajstić information content (AvgIpc) is 3.25. The van der Waals surface area contributed by atoms with Crippen LogP contribution < -0.4 is 5.56 Å². The molecule has 0 saturated heterocycles. The Morgan fingerprint density at radius 2 is 1.98 bits per heavy atom. The first-order chi connectivity index (χ1) is 19.9. The number of hydrogen-bond donors (Lipinski definition) is 0. The van der Waals surface area contributed by atoms with Crippen molar-refractivity contribution in [3.05, 3.63) is 105 Å². The van der Waals surface area contributed by atoms with Crippen LogP contribution in [-0.4, -0.2) is 35.5 Å². The van der Waals surface area contributed by atoms with Crippen LogP contribution in [-0.2, 0) is 12.8 Å². The van der Waals surface area contributed by atoms with Gasteiger partial charge in [0, 0.05) is 40.3 Å². The van der Waals surface area contributed by atoms with Crippen molar-refractivity contribution in [1.82, 2.24) is 29.8 Å². The number of aromatic nitrogens is 6. The molecule has 2 aromatic heterocycles. The fourth-order valence-electron chi connectivity index (χ4n) is 6.77. The fraction of sp³-hybridized carbons (Fsp3) is 0.290. The van der Waals surface area contributed by atoms with Gasteiger partial charge in [-0.1, -0.05) is 48.9 Å². The van der Waals surface area contributed by atoms with Crippen LogP contribution in [0, 0.1) is 11.8 Å². The van der Waals surface area contributed by atoms with E-state index in [4.69, 9.17) is 16.6 Å². The maximum atomic E-state index is 15.4. The fourth-order valence-corrected chi connectivity index (χ4v) is 6.94. The van der Waals surface area contributed by atoms with Gasteiger partial charge in [0.05, 0.1) is 17.4 Å². The summed E-state index contributed by atoms with van der Waals surface area (Å²) in [5, 5.41) is 12.0. The molecular weight excluding hydrogens is 541 g/mol. The molecule has 4 atom stereocenters. The number of aliphatic imine (C=N–C) groups is 1. The number of nitrogens with zero attached hydrogens (tertiary/aromatic N) is 7. The van der Waals surface area contributed by atoms with Crippen molar-refractivity contribution in [2.45, 2.75) is 44.6 Å². The van der Waals surface area contributed by atoms with Crippen molar-refractivity contribution < 1.29 is 4.39 Å². The normalized spacial score (nSPS) is 24.3. The Bertz CT molecular complexity index is 1910. The summed E-state index contributed by atoms with van der Waals surface area (Å²) in [6.07, 6.45) is 4.54. The number of benzene rings is 2. The van der Waals surface area contributed by atoms with E-state index in [0.29, 0.717) is 51.4 Å². The largest absolute Gasteiger partial charge is 0.287 e. The molecule has 8 nitrogen and oxygen atoms in total. The molecule has 0 radical (unpaired) electrons. The zero-order valence-corrected chi connectivity index (χ0v) is 23.0. The number of rotatable bonds is 4. The van der Waals surface area contributed by atoms with E-state index in [9.17, 15) is 4.79 Å². The molecule has 0 spiro atoms. The summed E-state index contributed by atoms with van der Waals surface area (Å²) < 4.78 is 18.6. The SMILES string of the molecule is C=C1Cc2ccc(C3=C(F)N=C(C4C5CC5c5nc(-c6cc(Cl)ccc6-n6cnnn6)cc(=O)n54)C3)cc2CC1C. The van der Waals surface area contributed by atoms with E-state index in [-0.39, 0.29) is 23.4 Å². The van der Waals surface area contributed by atoms with E-state index >= 15 is 4.39 Å². The first-order valence-corrected chi connectivity index (χ1v) is 14.2. The summed E-state index contributed by atoms with van der Waals surface area (Å²) >= 11 is 6.33. The van der Waals surface area contributed by atoms with E-state index in [1.807, 2.05) is 6.07 Å². The molecule has 4 unspecified atom stereocenters. The maximum absolute atomic E-state index is 15.4. The van der Waals surface area contributed by atoms with E-state index < -0.39 is 5.95 Å². The van der Waals surface area contributed by atoms with E-state index in [0.717, 1.165) is 24.8 Å². The minimum atomic E-state index is -0.457. The lowest BCUT2D eigenvalue weighted by molar-refractivity contribution is 0.572. The number of allylic oxidation sites excluding steroid dienone is 2. The van der Waals surface area contributed by atoms with Gasteiger partial charge in [-0.05, 0) is 76.4 Å². The predicted molar refractivity (Wildman–Crippen MR) is 154 cm³/mol. The molecule has 1 saturated carbocycles. The second-order valence-corrected chi connectivity index (χ2v) is 12.0. The van der Waals surface area contributed by atoms with Crippen LogP contribution in [0.15, 0.2) is 76.7 Å². The monoisotopic (exact) mass is 565 g/mol. The summed E-state index contributed by atoms with van der Waals surface area (Å²) in [6, 6.07) is 12.7. The molecule has 2 aromatic carbocycles. The zero-order chi connectivity index (χ0) is 28.0. The topological polar surface area (TPSA) is 90.8 Å². The third kappa shape index (κ3) is 3.86. The summed E-state index contributed by atoms with van der Waals surface area (Å²) in [6.45, 7) is 6.39. The Hall–Kier alpha value is -4.24. The van der Waals surface area contributed by atoms with Crippen molar-refractivity contribution in [2.75, 3.05) is 0 Å². The summed E-state index contributed by atoms with van der Waals surface area (Å²) in [4.78, 5) is 23.0. The van der Waals surface area contributed by atoms with E-state index in [1.54, 1.807) is 22.8 Å². The standard InChI is InChI=1S/C31H25ClFN7O/c1-15-7-17-3-4-18(9-19(17)8-16(15)2)21-12-26(35-30(21)33)29-22-11-23(22)31-36-25(13-28(41)40(29)31)24-10-20(32)5-6-27(24)39-14-34-37-38-39/h3-6,9-10,13-14,16,22-23,29H,1,7-8,11-12H2,2H3. The van der Waals surface area contributed by atoms with Crippen LogP contribution in [0.5, 0.6) is 0 Å². The third-order valence-corrected chi connectivity index (χ3v) is 9.29. The Balaban J connectivity index is 1.13. The molecule has 10 heteroatoms. The molecular formula is C31H25ClFN7O. The highest BCUT2D eigenvalue weighted by Crippen LogP contribution is 2.60. The van der Waals surface area contributed by atoms with E-state index in [2.05, 4.69) is 46.2 Å². The van der Waals surface area contributed by atoms with Crippen LogP contribution in [0.2, 0.25) is 5.02 Å². The first kappa shape index (κ1) is 24.5. The summed E-state index contributed by atoms with van der Waals surface area (Å²) in [7, 11) is 0. The summed E-state index contributed by atoms with van der Waals surface area (Å²) in [5.41, 5.74) is 7.53. The molecule has 4 aliphatic rings. The van der Waals surface area contributed by atoms with Gasteiger partial charge in [0.15, 0.2) is 0 Å². The molecule has 2 aliphatic carbocycles. The van der Waals surface area contributed by atoms with Gasteiger partial charge < -0.3 is 0 Å². The van der Waals surface area contributed by atoms with Crippen LogP contribution in [0.4, 0.5) is 4.39 Å². The van der Waals surface area contributed by atoms with Crippen LogP contribution in [0.1, 0.15) is 54.2 Å². The van der Waals surface area contributed by atoms with Gasteiger partial charge in [0.1, 0.15) is 12.2 Å². The quantitative estimate of drug-likeness (QED) is 0.235. The lowest BCUT2D eigenvalue weighted by atomic mass is 9.80. The van der Waals surface area contributed by atoms with Crippen LogP contribution >= 0.6 is 11.6 Å². The van der Waals surface area contributed by atoms with Crippen molar-refractivity contribution >= 4 is 22.9 Å². The second-order valence-electron chi connectivity index (χ2n) is 11.5. The molecule has 0 N–H and O–H groups in total. The van der Waals surface area contributed by atoms with Gasteiger partial charge in [-0.25, -0.2) is 9.98 Å². The lowest BCUT2D eigenvalue weighted by Gasteiger charge is -2.25. The smallest absolute Gasteiger partial charge is 0.254 e. The van der Waals surface area contributed by atoms with Gasteiger partial charge >= 0.3 is 0 Å². The van der Waals surface area contributed by atoms with Crippen LogP contribution in [0.25, 0.3) is 22.5 Å². The Morgan fingerprint density at radius 3 is 2.80 bits per heavy atom.